The van der Waals surface area contributed by atoms with Crippen LogP contribution in [0.15, 0.2) is 44.4 Å². The van der Waals surface area contributed by atoms with Crippen LogP contribution in [0, 0.1) is 11.8 Å². The smallest absolute Gasteiger partial charge is 0.120 e. The number of allylic oxidation sites excluding steroid dienone is 4. The summed E-state index contributed by atoms with van der Waals surface area (Å²) in [6, 6.07) is 7.63. The summed E-state index contributed by atoms with van der Waals surface area (Å²) in [5.74, 6) is -2.01. The van der Waals surface area contributed by atoms with Gasteiger partial charge in [-0.15, -0.1) is 69.6 Å². The van der Waals surface area contributed by atoms with Crippen LogP contribution in [-0.2, 0) is 0 Å². The highest BCUT2D eigenvalue weighted by Crippen LogP contribution is 2.79. The van der Waals surface area contributed by atoms with Crippen molar-refractivity contribution >= 4 is 162 Å². The van der Waals surface area contributed by atoms with E-state index >= 15 is 0 Å². The van der Waals surface area contributed by atoms with E-state index in [1.54, 1.807) is 0 Å². The minimum Gasteiger partial charge on any atom is -0.120 e. The van der Waals surface area contributed by atoms with E-state index in [4.69, 9.17) is 162 Å². The van der Waals surface area contributed by atoms with Crippen molar-refractivity contribution in [1.29, 1.82) is 0 Å². The van der Waals surface area contributed by atoms with E-state index in [0.29, 0.717) is 0 Å². The number of rotatable bonds is 4. The highest BCUT2D eigenvalue weighted by atomic mass is 35.5. The zero-order chi connectivity index (χ0) is 28.8. The van der Waals surface area contributed by atoms with E-state index in [2.05, 4.69) is 0 Å². The fourth-order valence-corrected chi connectivity index (χ4v) is 14.6. The second-order valence-corrected chi connectivity index (χ2v) is 17.8. The quantitative estimate of drug-likeness (QED) is 0.266. The Kier molecular flexibility index (Phi) is 8.15. The monoisotopic (exact) mass is 794 g/mol. The summed E-state index contributed by atoms with van der Waals surface area (Å²) in [5.41, 5.74) is 1.70. The number of alkyl halides is 10. The Morgan fingerprint density at radius 3 is 1.05 bits per heavy atom. The molecule has 14 heteroatoms. The molecule has 0 aliphatic heterocycles. The largest absolute Gasteiger partial charge is 0.168 e. The molecule has 0 nitrogen and oxygen atoms in total. The topological polar surface area (TPSA) is 0 Å². The molecule has 0 N–H and O–H groups in total. The third-order valence-corrected chi connectivity index (χ3v) is 18.8. The van der Waals surface area contributed by atoms with Crippen molar-refractivity contribution in [2.24, 2.45) is 11.8 Å². The third kappa shape index (κ3) is 3.28. The predicted molar refractivity (Wildman–Crippen MR) is 170 cm³/mol. The molecule has 38 heavy (non-hydrogen) atoms. The van der Waals surface area contributed by atoms with Crippen LogP contribution in [0.5, 0.6) is 0 Å². The zero-order valence-electron chi connectivity index (χ0n) is 19.1. The van der Waals surface area contributed by atoms with Crippen molar-refractivity contribution in [2.75, 3.05) is 0 Å². The molecule has 0 radical (unpaired) electrons. The Bertz CT molecular complexity index is 1190. The molecule has 1 aromatic rings. The van der Waals surface area contributed by atoms with E-state index in [1.807, 2.05) is 38.1 Å². The molecule has 4 aliphatic rings. The van der Waals surface area contributed by atoms with Crippen molar-refractivity contribution in [3.8, 4) is 0 Å². The number of hydrogen-bond acceptors (Lipinski definition) is 0. The molecule has 0 aromatic heterocycles. The molecular weight excluding hydrogens is 785 g/mol. The molecule has 210 valence electrons. The van der Waals surface area contributed by atoms with Gasteiger partial charge in [0.15, 0.2) is 8.67 Å². The molecule has 1 aromatic carbocycles. The molecule has 0 amide bonds. The van der Waals surface area contributed by atoms with E-state index < -0.39 is 50.8 Å². The summed E-state index contributed by atoms with van der Waals surface area (Å²) in [4.78, 5) is -6.31. The fourth-order valence-electron chi connectivity index (χ4n) is 6.84. The SMILES string of the molecule is CC(c1ccccc1C(C)C1C(Cl)C2(Cl)C(Cl)=C(Cl)C1(Cl)C2(Cl)Cl)C1C(Cl)C2(Cl)C(Cl)=C(Cl)C1(Cl)C2(Cl)Cl. The molecule has 10 atom stereocenters. The molecule has 2 saturated carbocycles. The van der Waals surface area contributed by atoms with Crippen molar-refractivity contribution in [3.63, 3.8) is 0 Å². The first-order chi connectivity index (χ1) is 17.2. The maximum Gasteiger partial charge on any atom is 0.168 e. The summed E-state index contributed by atoms with van der Waals surface area (Å²) < 4.78 is -3.57. The van der Waals surface area contributed by atoms with E-state index in [1.165, 1.54) is 0 Å². The van der Waals surface area contributed by atoms with Crippen molar-refractivity contribution in [2.45, 2.75) is 64.6 Å². The van der Waals surface area contributed by atoms with Gasteiger partial charge in [0.05, 0.1) is 30.9 Å². The Labute approximate surface area is 291 Å². The Hall–Kier alpha value is 2.76. The molecule has 0 spiro atoms. The summed E-state index contributed by atoms with van der Waals surface area (Å²) in [5, 5.41) is -1.53. The average Bonchev–Trinajstić information content (AvgIpc) is 3.17. The van der Waals surface area contributed by atoms with Gasteiger partial charge < -0.3 is 0 Å². The summed E-state index contributed by atoms with van der Waals surface area (Å²) in [7, 11) is 0. The van der Waals surface area contributed by atoms with E-state index in [-0.39, 0.29) is 32.0 Å². The van der Waals surface area contributed by atoms with Gasteiger partial charge in [-0.1, -0.05) is 131 Å². The van der Waals surface area contributed by atoms with E-state index in [0.717, 1.165) is 11.1 Å². The first-order valence-corrected chi connectivity index (χ1v) is 16.7. The van der Waals surface area contributed by atoms with Gasteiger partial charge in [0.1, 0.15) is 19.5 Å². The minimum absolute atomic E-state index is 0.0354. The van der Waals surface area contributed by atoms with Crippen LogP contribution in [-0.4, -0.2) is 38.9 Å². The number of fused-ring (bicyclic) bond motifs is 4. The molecule has 4 aliphatic carbocycles. The molecule has 4 bridgehead atoms. The van der Waals surface area contributed by atoms with Gasteiger partial charge in [0, 0.05) is 11.8 Å². The van der Waals surface area contributed by atoms with Gasteiger partial charge in [0.2, 0.25) is 0 Å². The van der Waals surface area contributed by atoms with Crippen LogP contribution < -0.4 is 0 Å². The van der Waals surface area contributed by atoms with Gasteiger partial charge in [-0.05, 0) is 23.0 Å². The lowest BCUT2D eigenvalue weighted by atomic mass is 9.72. The number of benzene rings is 1. The molecule has 5 rings (SSSR count). The molecule has 0 saturated heterocycles. The average molecular weight is 801 g/mol. The van der Waals surface area contributed by atoms with Crippen molar-refractivity contribution in [1.82, 2.24) is 0 Å². The molecular formula is C24H16Cl14. The van der Waals surface area contributed by atoms with Crippen LogP contribution in [0.4, 0.5) is 0 Å². The van der Waals surface area contributed by atoms with Crippen molar-refractivity contribution < 1.29 is 0 Å². The second kappa shape index (κ2) is 9.63. The standard InChI is InChI=1S/C24H16Cl14/c1-7(11-13(25)21(33)17(29)15(27)19(11,31)23(21,35)36)9-5-3-4-6-10(9)8(2)12-14(26)22(34)18(30)16(28)20(12,32)24(22,37)38/h3-8,11-14H,1-2H3. The van der Waals surface area contributed by atoms with Gasteiger partial charge in [-0.25, -0.2) is 0 Å². The Morgan fingerprint density at radius 2 is 0.789 bits per heavy atom. The third-order valence-electron chi connectivity index (χ3n) is 8.85. The predicted octanol–water partition coefficient (Wildman–Crippen LogP) is 12.0. The van der Waals surface area contributed by atoms with Crippen LogP contribution in [0.25, 0.3) is 0 Å². The Balaban J connectivity index is 1.62. The fraction of sp³-hybridized carbons (Fsp3) is 0.583. The van der Waals surface area contributed by atoms with E-state index in [9.17, 15) is 0 Å². The molecule has 2 fully saturated rings. The van der Waals surface area contributed by atoms with Gasteiger partial charge >= 0.3 is 0 Å². The van der Waals surface area contributed by atoms with Crippen LogP contribution in [0.2, 0.25) is 0 Å². The van der Waals surface area contributed by atoms with Gasteiger partial charge in [-0.2, -0.15) is 0 Å². The van der Waals surface area contributed by atoms with Gasteiger partial charge in [0.25, 0.3) is 0 Å². The lowest BCUT2D eigenvalue weighted by Crippen LogP contribution is -2.45. The molecule has 0 heterocycles. The lowest BCUT2D eigenvalue weighted by Gasteiger charge is -2.41. The summed E-state index contributed by atoms with van der Waals surface area (Å²) in [6.07, 6.45) is 0. The number of hydrogen-bond donors (Lipinski definition) is 0. The normalized spacial score (nSPS) is 46.3. The first-order valence-electron chi connectivity index (χ1n) is 11.3. The lowest BCUT2D eigenvalue weighted by molar-refractivity contribution is 0.380. The Morgan fingerprint density at radius 1 is 0.526 bits per heavy atom. The van der Waals surface area contributed by atoms with Gasteiger partial charge in [-0.3, -0.25) is 0 Å². The highest BCUT2D eigenvalue weighted by Gasteiger charge is 2.84. The van der Waals surface area contributed by atoms with Crippen LogP contribution in [0.3, 0.4) is 0 Å². The van der Waals surface area contributed by atoms with Crippen molar-refractivity contribution in [3.05, 3.63) is 55.5 Å². The second-order valence-electron chi connectivity index (χ2n) is 10.3. The van der Waals surface area contributed by atoms with Crippen LogP contribution in [0.1, 0.15) is 36.8 Å². The maximum atomic E-state index is 7.14. The highest BCUT2D eigenvalue weighted by molar-refractivity contribution is 6.68. The number of halogens is 14. The van der Waals surface area contributed by atoms with Crippen LogP contribution >= 0.6 is 162 Å². The summed E-state index contributed by atoms with van der Waals surface area (Å²) in [6.45, 7) is 3.88. The first kappa shape index (κ1) is 32.2. The molecule has 10 unspecified atom stereocenters. The maximum absolute atomic E-state index is 7.14. The zero-order valence-corrected chi connectivity index (χ0v) is 29.6. The summed E-state index contributed by atoms with van der Waals surface area (Å²) >= 11 is 95.3. The minimum atomic E-state index is -1.79.